The third-order valence-corrected chi connectivity index (χ3v) is 9.14. The maximum absolute atomic E-state index is 12.5. The lowest BCUT2D eigenvalue weighted by Gasteiger charge is -2.19. The molecule has 0 aromatic rings. The number of rotatable bonds is 38. The quantitative estimate of drug-likeness (QED) is 0.0211. The van der Waals surface area contributed by atoms with Crippen molar-refractivity contribution in [3.63, 3.8) is 0 Å². The maximum Gasteiger partial charge on any atom is 0.472 e. The predicted octanol–water partition coefficient (Wildman–Crippen LogP) is 12.3. The van der Waals surface area contributed by atoms with Crippen molar-refractivity contribution >= 4 is 13.8 Å². The molecule has 300 valence electrons. The predicted molar refractivity (Wildman–Crippen MR) is 219 cm³/mol. The number of unbranched alkanes of at least 4 members (excludes halogenated alkanes) is 15. The molecule has 0 aliphatic carbocycles. The Bertz CT molecular complexity index is 1020. The lowest BCUT2D eigenvalue weighted by Crippen LogP contribution is -2.27. The normalized spacial score (nSPS) is 14.2. The van der Waals surface area contributed by atoms with Gasteiger partial charge < -0.3 is 20.1 Å². The van der Waals surface area contributed by atoms with Crippen LogP contribution in [0.4, 0.5) is 0 Å². The van der Waals surface area contributed by atoms with Crippen molar-refractivity contribution in [3.05, 3.63) is 73.1 Å². The van der Waals surface area contributed by atoms with Crippen LogP contribution < -0.4 is 5.73 Å². The van der Waals surface area contributed by atoms with Crippen LogP contribution in [-0.2, 0) is 27.9 Å². The molecule has 0 radical (unpaired) electrons. The van der Waals surface area contributed by atoms with Gasteiger partial charge in [-0.1, -0.05) is 132 Å². The van der Waals surface area contributed by atoms with E-state index in [1.54, 1.807) is 6.26 Å². The third-order valence-electron chi connectivity index (χ3n) is 8.16. The van der Waals surface area contributed by atoms with Crippen LogP contribution >= 0.6 is 7.82 Å². The molecular weight excluding hydrogens is 673 g/mol. The molecule has 0 bridgehead atoms. The molecule has 0 heterocycles. The van der Waals surface area contributed by atoms with E-state index in [0.717, 1.165) is 38.5 Å². The van der Waals surface area contributed by atoms with Crippen molar-refractivity contribution < 1.29 is 32.8 Å². The van der Waals surface area contributed by atoms with Crippen molar-refractivity contribution in [2.24, 2.45) is 5.73 Å². The zero-order chi connectivity index (χ0) is 38.1. The summed E-state index contributed by atoms with van der Waals surface area (Å²) in [4.78, 5) is 22.4. The Morgan fingerprint density at radius 2 is 1.04 bits per heavy atom. The van der Waals surface area contributed by atoms with Crippen LogP contribution in [0.1, 0.15) is 162 Å². The van der Waals surface area contributed by atoms with E-state index in [4.69, 9.17) is 24.3 Å². The van der Waals surface area contributed by atoms with E-state index in [0.29, 0.717) is 6.42 Å². The highest BCUT2D eigenvalue weighted by Crippen LogP contribution is 2.43. The lowest BCUT2D eigenvalue weighted by molar-refractivity contribution is -0.153. The summed E-state index contributed by atoms with van der Waals surface area (Å²) < 4.78 is 33.1. The summed E-state index contributed by atoms with van der Waals surface area (Å²) in [6, 6.07) is 0. The van der Waals surface area contributed by atoms with Gasteiger partial charge in [-0.05, 0) is 89.5 Å². The number of ether oxygens (including phenoxy) is 2. The molecule has 9 heteroatoms. The molecule has 0 aromatic carbocycles. The van der Waals surface area contributed by atoms with Crippen LogP contribution in [0.3, 0.4) is 0 Å². The molecule has 0 fully saturated rings. The minimum absolute atomic E-state index is 0.00346. The van der Waals surface area contributed by atoms with E-state index < -0.39 is 19.9 Å². The zero-order valence-corrected chi connectivity index (χ0v) is 33.9. The first-order chi connectivity index (χ1) is 25.4. The third kappa shape index (κ3) is 39.0. The average molecular weight is 750 g/mol. The van der Waals surface area contributed by atoms with Gasteiger partial charge in [0.25, 0.3) is 0 Å². The van der Waals surface area contributed by atoms with E-state index in [1.807, 2.05) is 6.08 Å². The number of carbonyl (C=O) groups excluding carboxylic acids is 1. The molecular formula is C43H76NO7P. The molecule has 3 N–H and O–H groups in total. The van der Waals surface area contributed by atoms with Crippen LogP contribution in [0.5, 0.6) is 0 Å². The van der Waals surface area contributed by atoms with Crippen molar-refractivity contribution in [2.75, 3.05) is 26.4 Å². The average Bonchev–Trinajstić information content (AvgIpc) is 3.13. The van der Waals surface area contributed by atoms with Crippen molar-refractivity contribution in [1.82, 2.24) is 0 Å². The molecule has 0 aliphatic rings. The topological polar surface area (TPSA) is 117 Å². The van der Waals surface area contributed by atoms with E-state index in [2.05, 4.69) is 74.6 Å². The van der Waals surface area contributed by atoms with Gasteiger partial charge in [-0.15, -0.1) is 0 Å². The number of phosphoric ester groups is 1. The van der Waals surface area contributed by atoms with E-state index in [-0.39, 0.29) is 32.8 Å². The van der Waals surface area contributed by atoms with Gasteiger partial charge in [-0.25, -0.2) is 4.57 Å². The summed E-state index contributed by atoms with van der Waals surface area (Å²) >= 11 is 0. The van der Waals surface area contributed by atoms with E-state index in [1.165, 1.54) is 96.3 Å². The first kappa shape index (κ1) is 49.8. The summed E-state index contributed by atoms with van der Waals surface area (Å²) in [5, 5.41) is 0. The second kappa shape index (κ2) is 40.0. The van der Waals surface area contributed by atoms with E-state index in [9.17, 15) is 14.3 Å². The van der Waals surface area contributed by atoms with Gasteiger partial charge >= 0.3 is 13.8 Å². The minimum Gasteiger partial charge on any atom is -0.498 e. The number of nitrogens with two attached hydrogens (primary N) is 1. The van der Waals surface area contributed by atoms with Crippen LogP contribution in [-0.4, -0.2) is 43.3 Å². The summed E-state index contributed by atoms with van der Waals surface area (Å²) in [6.07, 6.45) is 50.1. The highest BCUT2D eigenvalue weighted by molar-refractivity contribution is 7.47. The van der Waals surface area contributed by atoms with Gasteiger partial charge in [-0.3, -0.25) is 13.8 Å². The number of hydrogen-bond donors (Lipinski definition) is 2. The van der Waals surface area contributed by atoms with Gasteiger partial charge in [0.2, 0.25) is 0 Å². The van der Waals surface area contributed by atoms with Crippen LogP contribution in [0.15, 0.2) is 73.1 Å². The van der Waals surface area contributed by atoms with Gasteiger partial charge in [0, 0.05) is 13.0 Å². The summed E-state index contributed by atoms with van der Waals surface area (Å²) in [7, 11) is -4.31. The second-order valence-corrected chi connectivity index (χ2v) is 14.7. The molecule has 0 rings (SSSR count). The maximum atomic E-state index is 12.5. The molecule has 0 aliphatic heterocycles. The van der Waals surface area contributed by atoms with Crippen molar-refractivity contribution in [2.45, 2.75) is 168 Å². The molecule has 0 saturated carbocycles. The molecule has 2 atom stereocenters. The SMILES string of the molecule is CCCCCC=CCC=CCC=CCC=CCCCC(=O)O[C@H](COC=CCCCCCCCCC=CCCCCCC)COP(=O)(O)OCCN. The number of allylic oxidation sites excluding steroid dienone is 11. The Hall–Kier alpha value is -2.22. The summed E-state index contributed by atoms with van der Waals surface area (Å²) in [6.45, 7) is 4.11. The Morgan fingerprint density at radius 1 is 0.596 bits per heavy atom. The number of carbonyl (C=O) groups is 1. The molecule has 0 amide bonds. The standard InChI is InChI=1S/C43H76NO7P/c1-3-5-7-9-11-13-15-17-19-21-22-24-26-28-30-32-34-36-43(45)51-42(41-50-52(46,47)49-39-37-44)40-48-38-35-33-31-29-27-25-23-20-18-16-14-12-10-8-6-4-2/h11,13-14,16-17,19,22,24,28,30,35,38,42H,3-10,12,15,18,20-21,23,25-27,29,31-34,36-37,39-41,44H2,1-2H3,(H,46,47)/t42-/m1/s1. The Morgan fingerprint density at radius 3 is 1.60 bits per heavy atom. The van der Waals surface area contributed by atoms with Gasteiger partial charge in [0.15, 0.2) is 6.10 Å². The Labute approximate surface area is 318 Å². The van der Waals surface area contributed by atoms with Crippen LogP contribution in [0.25, 0.3) is 0 Å². The number of esters is 1. The molecule has 0 saturated heterocycles. The van der Waals surface area contributed by atoms with Crippen molar-refractivity contribution in [1.29, 1.82) is 0 Å². The molecule has 8 nitrogen and oxygen atoms in total. The number of hydrogen-bond acceptors (Lipinski definition) is 7. The zero-order valence-electron chi connectivity index (χ0n) is 33.0. The summed E-state index contributed by atoms with van der Waals surface area (Å²) in [5.74, 6) is -0.411. The van der Waals surface area contributed by atoms with Crippen LogP contribution in [0, 0.1) is 0 Å². The first-order valence-corrected chi connectivity index (χ1v) is 22.0. The fourth-order valence-electron chi connectivity index (χ4n) is 5.12. The van der Waals surface area contributed by atoms with Gasteiger partial charge in [-0.2, -0.15) is 0 Å². The molecule has 1 unspecified atom stereocenters. The lowest BCUT2D eigenvalue weighted by atomic mass is 10.1. The second-order valence-electron chi connectivity index (χ2n) is 13.2. The van der Waals surface area contributed by atoms with Crippen LogP contribution in [0.2, 0.25) is 0 Å². The fourth-order valence-corrected chi connectivity index (χ4v) is 5.89. The smallest absolute Gasteiger partial charge is 0.472 e. The van der Waals surface area contributed by atoms with Crippen molar-refractivity contribution in [3.8, 4) is 0 Å². The van der Waals surface area contributed by atoms with Gasteiger partial charge in [0.1, 0.15) is 6.61 Å². The highest BCUT2D eigenvalue weighted by atomic mass is 31.2. The largest absolute Gasteiger partial charge is 0.498 e. The summed E-state index contributed by atoms with van der Waals surface area (Å²) in [5.41, 5.74) is 5.35. The molecule has 0 spiro atoms. The minimum atomic E-state index is -4.31. The van der Waals surface area contributed by atoms with E-state index >= 15 is 0 Å². The molecule has 52 heavy (non-hydrogen) atoms. The Kier molecular flexibility index (Phi) is 38.3. The monoisotopic (exact) mass is 750 g/mol. The first-order valence-electron chi connectivity index (χ1n) is 20.5. The molecule has 0 aromatic heterocycles. The fraction of sp³-hybridized carbons (Fsp3) is 0.698. The Balaban J connectivity index is 4.25. The number of phosphoric acid groups is 1. The highest BCUT2D eigenvalue weighted by Gasteiger charge is 2.25. The van der Waals surface area contributed by atoms with Gasteiger partial charge in [0.05, 0.1) is 19.5 Å².